The second-order valence-corrected chi connectivity index (χ2v) is 4.51. The Morgan fingerprint density at radius 1 is 1.40 bits per heavy atom. The van der Waals surface area contributed by atoms with Crippen molar-refractivity contribution in [2.45, 2.75) is 6.36 Å². The summed E-state index contributed by atoms with van der Waals surface area (Å²) in [4.78, 5) is 0. The maximum atomic E-state index is 11.9. The van der Waals surface area contributed by atoms with E-state index < -0.39 is 31.4 Å². The van der Waals surface area contributed by atoms with Gasteiger partial charge in [-0.1, -0.05) is 6.07 Å². The van der Waals surface area contributed by atoms with Crippen molar-refractivity contribution in [3.8, 4) is 11.8 Å². The van der Waals surface area contributed by atoms with Crippen LogP contribution in [0.2, 0.25) is 0 Å². The Labute approximate surface area is 97.1 Å². The number of halogens is 4. The summed E-state index contributed by atoms with van der Waals surface area (Å²) in [5, 5.41) is 8.56. The average molecular weight is 246 g/mol. The standard InChI is InChI=1S/C8H3F3NO.ClH.Mg/c9-8(10,11)13-7-4-2-1-3-6(7)5-12;;/h1,3-4H;1H;/q;;+1/p-1. The number of ether oxygens (including phenoxy) is 1. The van der Waals surface area contributed by atoms with Gasteiger partial charge in [-0.05, 0) is 12.1 Å². The molecule has 7 heteroatoms. The number of nitrogens with zero attached hydrogens (tertiary/aromatic N) is 1. The van der Waals surface area contributed by atoms with Crippen LogP contribution in [-0.4, -0.2) is 25.6 Å². The lowest BCUT2D eigenvalue weighted by atomic mass is 10.2. The Bertz CT molecular complexity index is 402. The van der Waals surface area contributed by atoms with Gasteiger partial charge in [0.1, 0.15) is 11.8 Å². The molecular weight excluding hydrogens is 243 g/mol. The molecule has 0 saturated heterocycles. The largest absolute Gasteiger partial charge is 0.573 e. The van der Waals surface area contributed by atoms with E-state index in [1.165, 1.54) is 12.1 Å². The SMILES string of the molecule is N#Cc1cc[c]([Mg][Cl])cc1OC(F)(F)F. The normalized spacial score (nSPS) is 10.3. The molecule has 0 spiro atoms. The lowest BCUT2D eigenvalue weighted by molar-refractivity contribution is -0.274. The summed E-state index contributed by atoms with van der Waals surface area (Å²) in [6.45, 7) is 0. The molecule has 1 aromatic carbocycles. The fourth-order valence-electron chi connectivity index (χ4n) is 0.951. The molecular formula is C8H3ClF3MgNO. The third kappa shape index (κ3) is 3.78. The molecule has 0 amide bonds. The average Bonchev–Trinajstić information content (AvgIpc) is 2.15. The summed E-state index contributed by atoms with van der Waals surface area (Å²) in [5.74, 6) is -0.490. The summed E-state index contributed by atoms with van der Waals surface area (Å²) in [6.07, 6.45) is -4.79. The van der Waals surface area contributed by atoms with Gasteiger partial charge in [-0.3, -0.25) is 0 Å². The number of benzene rings is 1. The first kappa shape index (κ1) is 12.4. The first-order valence-electron chi connectivity index (χ1n) is 3.81. The van der Waals surface area contributed by atoms with E-state index in [-0.39, 0.29) is 5.56 Å². The van der Waals surface area contributed by atoms with Crippen molar-refractivity contribution in [2.24, 2.45) is 0 Å². The predicted molar refractivity (Wildman–Crippen MR) is 49.1 cm³/mol. The van der Waals surface area contributed by atoms with Gasteiger partial charge in [0.15, 0.2) is 0 Å². The third-order valence-corrected chi connectivity index (χ3v) is 3.22. The summed E-state index contributed by atoms with van der Waals surface area (Å²) >= 11 is -1.09. The summed E-state index contributed by atoms with van der Waals surface area (Å²) in [5.41, 5.74) is -0.157. The lowest BCUT2D eigenvalue weighted by Gasteiger charge is -2.10. The lowest BCUT2D eigenvalue weighted by Crippen LogP contribution is -2.19. The molecule has 0 N–H and O–H groups in total. The van der Waals surface area contributed by atoms with E-state index in [0.717, 1.165) is 6.07 Å². The van der Waals surface area contributed by atoms with Gasteiger partial charge in [-0.25, -0.2) is 0 Å². The maximum absolute atomic E-state index is 11.9. The van der Waals surface area contributed by atoms with Crippen molar-refractivity contribution in [3.63, 3.8) is 0 Å². The highest BCUT2D eigenvalue weighted by molar-refractivity contribution is 7.01. The van der Waals surface area contributed by atoms with E-state index in [2.05, 4.69) is 4.74 Å². The Balaban J connectivity index is 3.08. The molecule has 0 saturated carbocycles. The maximum Gasteiger partial charge on any atom is 0.573 e. The summed E-state index contributed by atoms with van der Waals surface area (Å²) in [7, 11) is 5.58. The molecule has 0 fully saturated rings. The zero-order chi connectivity index (χ0) is 11.5. The van der Waals surface area contributed by atoms with Gasteiger partial charge in [0.2, 0.25) is 0 Å². The first-order valence-corrected chi connectivity index (χ1v) is 6.65. The molecule has 0 heterocycles. The van der Waals surface area contributed by atoms with Crippen LogP contribution >= 0.6 is 9.07 Å². The highest BCUT2D eigenvalue weighted by atomic mass is 35.5. The van der Waals surface area contributed by atoms with Gasteiger partial charge in [0.25, 0.3) is 0 Å². The topological polar surface area (TPSA) is 33.0 Å². The number of rotatable bonds is 2. The molecule has 0 aromatic heterocycles. The van der Waals surface area contributed by atoms with Crippen LogP contribution in [0, 0.1) is 11.3 Å². The van der Waals surface area contributed by atoms with Crippen molar-refractivity contribution in [3.05, 3.63) is 23.8 Å². The van der Waals surface area contributed by atoms with E-state index >= 15 is 0 Å². The minimum absolute atomic E-state index is 0.157. The Hall–Kier alpha value is -0.644. The van der Waals surface area contributed by atoms with Gasteiger partial charge < -0.3 is 13.8 Å². The molecule has 0 atom stereocenters. The van der Waals surface area contributed by atoms with Crippen molar-refractivity contribution in [1.82, 2.24) is 0 Å². The summed E-state index contributed by atoms with van der Waals surface area (Å²) in [6, 6.07) is 5.57. The van der Waals surface area contributed by atoms with E-state index in [0.29, 0.717) is 3.69 Å². The quantitative estimate of drug-likeness (QED) is 0.747. The van der Waals surface area contributed by atoms with Crippen molar-refractivity contribution < 1.29 is 17.9 Å². The minimum Gasteiger partial charge on any atom is -0.404 e. The van der Waals surface area contributed by atoms with E-state index in [1.807, 2.05) is 0 Å². The smallest absolute Gasteiger partial charge is 0.404 e. The molecule has 0 aliphatic carbocycles. The number of hydrogen-bond acceptors (Lipinski definition) is 2. The highest BCUT2D eigenvalue weighted by Gasteiger charge is 2.32. The molecule has 15 heavy (non-hydrogen) atoms. The third-order valence-electron chi connectivity index (χ3n) is 1.55. The molecule has 0 bridgehead atoms. The van der Waals surface area contributed by atoms with Gasteiger partial charge in [-0.2, -0.15) is 5.26 Å². The van der Waals surface area contributed by atoms with Crippen LogP contribution in [0.3, 0.4) is 0 Å². The molecule has 2 nitrogen and oxygen atoms in total. The Kier molecular flexibility index (Phi) is 4.08. The number of nitriles is 1. The first-order chi connectivity index (χ1) is 6.96. The van der Waals surface area contributed by atoms with Crippen molar-refractivity contribution in [1.29, 1.82) is 5.26 Å². The fraction of sp³-hybridized carbons (Fsp3) is 0.125. The second kappa shape index (κ2) is 4.92. The van der Waals surface area contributed by atoms with Crippen LogP contribution in [0.5, 0.6) is 5.75 Å². The Morgan fingerprint density at radius 2 is 2.07 bits per heavy atom. The monoisotopic (exact) mass is 245 g/mol. The zero-order valence-corrected chi connectivity index (χ0v) is 9.48. The molecule has 0 aliphatic heterocycles. The highest BCUT2D eigenvalue weighted by Crippen LogP contribution is 2.24. The molecule has 0 radical (unpaired) electrons. The molecule has 1 aromatic rings. The van der Waals surface area contributed by atoms with E-state index in [1.54, 1.807) is 6.07 Å². The zero-order valence-electron chi connectivity index (χ0n) is 7.31. The van der Waals surface area contributed by atoms with Crippen LogP contribution in [0.4, 0.5) is 13.2 Å². The van der Waals surface area contributed by atoms with Gasteiger partial charge in [0.05, 0.1) is 5.56 Å². The fourth-order valence-corrected chi connectivity index (χ4v) is 1.92. The molecule has 1 rings (SSSR count). The van der Waals surface area contributed by atoms with E-state index in [9.17, 15) is 13.2 Å². The van der Waals surface area contributed by atoms with Gasteiger partial charge in [-0.15, -0.1) is 16.9 Å². The van der Waals surface area contributed by atoms with Crippen LogP contribution < -0.4 is 8.43 Å². The van der Waals surface area contributed by atoms with Crippen molar-refractivity contribution in [2.75, 3.05) is 0 Å². The number of alkyl halides is 3. The molecule has 0 aliphatic rings. The molecule has 76 valence electrons. The Morgan fingerprint density at radius 3 is 2.53 bits per heavy atom. The van der Waals surface area contributed by atoms with Crippen LogP contribution in [0.15, 0.2) is 18.2 Å². The second-order valence-electron chi connectivity index (χ2n) is 2.62. The van der Waals surface area contributed by atoms with E-state index in [4.69, 9.17) is 14.3 Å². The minimum atomic E-state index is -4.79. The van der Waals surface area contributed by atoms with Gasteiger partial charge >= 0.3 is 25.6 Å². The van der Waals surface area contributed by atoms with Gasteiger partial charge in [0, 0.05) is 0 Å². The van der Waals surface area contributed by atoms with Crippen LogP contribution in [0.25, 0.3) is 0 Å². The number of hydrogen-bond donors (Lipinski definition) is 0. The predicted octanol–water partition coefficient (Wildman–Crippen LogP) is 1.94. The van der Waals surface area contributed by atoms with Crippen LogP contribution in [0.1, 0.15) is 5.56 Å². The van der Waals surface area contributed by atoms with Crippen molar-refractivity contribution >= 4 is 32.0 Å². The van der Waals surface area contributed by atoms with Crippen LogP contribution in [-0.2, 0) is 0 Å². The molecule has 0 unspecified atom stereocenters. The summed E-state index contributed by atoms with van der Waals surface area (Å²) < 4.78 is 40.1.